The molecule has 23 heavy (non-hydrogen) atoms. The van der Waals surface area contributed by atoms with Crippen molar-refractivity contribution in [3.05, 3.63) is 101 Å². The van der Waals surface area contributed by atoms with Crippen molar-refractivity contribution < 1.29 is 18.8 Å². The lowest BCUT2D eigenvalue weighted by molar-refractivity contribution is 0.457. The summed E-state index contributed by atoms with van der Waals surface area (Å²) < 4.78 is 80.1. The van der Waals surface area contributed by atoms with Gasteiger partial charge in [0.1, 0.15) is 5.75 Å². The van der Waals surface area contributed by atoms with E-state index >= 15 is 0 Å². The van der Waals surface area contributed by atoms with E-state index in [1.807, 2.05) is 0 Å². The van der Waals surface area contributed by atoms with Gasteiger partial charge in [-0.3, -0.25) is 0 Å². The van der Waals surface area contributed by atoms with Crippen LogP contribution >= 0.6 is 0 Å². The second-order valence-corrected chi connectivity index (χ2v) is 5.31. The average Bonchev–Trinajstić information content (AvgIpc) is 2.79. The predicted molar refractivity (Wildman–Crippen MR) is 96.0 cm³/mol. The number of phenols is 1. The van der Waals surface area contributed by atoms with Crippen molar-refractivity contribution >= 4 is 0 Å². The highest BCUT2D eigenvalue weighted by molar-refractivity contribution is 5.49. The first kappa shape index (κ1) is 7.35. The molecular weight excluding hydrogens is 280 g/mol. The molecule has 0 amide bonds. The molecule has 1 N–H and O–H groups in total. The zero-order valence-electron chi connectivity index (χ0n) is 22.8. The molecule has 0 saturated carbocycles. The second-order valence-electron chi connectivity index (χ2n) is 5.31. The van der Waals surface area contributed by atoms with Gasteiger partial charge in [0.25, 0.3) is 0 Å². The molecule has 0 heterocycles. The summed E-state index contributed by atoms with van der Waals surface area (Å²) in [7, 11) is 0. The van der Waals surface area contributed by atoms with Crippen LogP contribution in [0.4, 0.5) is 0 Å². The first-order valence-corrected chi connectivity index (χ1v) is 7.28. The average molecular weight is 312 g/mol. The van der Waals surface area contributed by atoms with Gasteiger partial charge in [-0.1, -0.05) is 92.5 Å². The number of benzene rings is 3. The van der Waals surface area contributed by atoms with E-state index < -0.39 is 48.1 Å². The topological polar surface area (TPSA) is 20.2 Å². The number of phenolic OH excluding ortho intramolecular Hbond substituents is 1. The molecule has 116 valence electrons. The summed E-state index contributed by atoms with van der Waals surface area (Å²) in [5.74, 6) is -1.77. The van der Waals surface area contributed by atoms with Crippen molar-refractivity contribution in [1.82, 2.24) is 0 Å². The van der Waals surface area contributed by atoms with Crippen LogP contribution in [0.5, 0.6) is 5.75 Å². The smallest absolute Gasteiger partial charge is 0.123 e. The second kappa shape index (κ2) is 6.70. The molecule has 0 aromatic heterocycles. The molecule has 1 heteroatoms. The zero-order valence-corrected chi connectivity index (χ0v) is 12.8. The largest absolute Gasteiger partial charge is 0.507 e. The number of aromatic hydroxyl groups is 1. The van der Waals surface area contributed by atoms with Crippen LogP contribution in [-0.4, -0.2) is 5.11 Å². The Morgan fingerprint density at radius 2 is 1.13 bits per heavy atom. The molecular formula is C22H22O. The van der Waals surface area contributed by atoms with Gasteiger partial charge in [-0.25, -0.2) is 0 Å². The van der Waals surface area contributed by atoms with E-state index in [0.29, 0.717) is 11.1 Å². The minimum Gasteiger partial charge on any atom is -0.507 e. The summed E-state index contributed by atoms with van der Waals surface area (Å²) in [6, 6.07) is 0.397. The summed E-state index contributed by atoms with van der Waals surface area (Å²) >= 11 is 0. The fourth-order valence-corrected chi connectivity index (χ4v) is 2.54. The maximum Gasteiger partial charge on any atom is 0.123 e. The molecule has 0 aliphatic rings. The first-order chi connectivity index (χ1) is 15.3. The maximum absolute atomic E-state index is 11.1. The van der Waals surface area contributed by atoms with E-state index in [0.717, 1.165) is 0 Å². The van der Waals surface area contributed by atoms with E-state index in [1.54, 1.807) is 32.0 Å². The van der Waals surface area contributed by atoms with Gasteiger partial charge in [-0.2, -0.15) is 0 Å². The summed E-state index contributed by atoms with van der Waals surface area (Å²) in [5.41, 5.74) is 0.656. The molecule has 0 spiro atoms. The quantitative estimate of drug-likeness (QED) is 0.655. The van der Waals surface area contributed by atoms with Crippen molar-refractivity contribution in [2.45, 2.75) is 25.7 Å². The van der Waals surface area contributed by atoms with Gasteiger partial charge in [0.2, 0.25) is 0 Å². The number of para-hydroxylation sites is 1. The van der Waals surface area contributed by atoms with E-state index in [2.05, 4.69) is 0 Å². The fourth-order valence-electron chi connectivity index (χ4n) is 2.54. The first-order valence-electron chi connectivity index (χ1n) is 12.3. The standard InChI is InChI=1S/C22H22O/c1-16(18-10-5-3-6-11-18)20-14-9-15-21(22(20)23)17(2)19-12-7-4-8-13-19/h3-17,23H,1-2H3/i3D,4D,5D,6D,7D,8D,10D,11D,12D,13D. The van der Waals surface area contributed by atoms with Crippen LogP contribution in [0.15, 0.2) is 78.6 Å². The van der Waals surface area contributed by atoms with Gasteiger partial charge < -0.3 is 5.11 Å². The third kappa shape index (κ3) is 3.14. The Morgan fingerprint density at radius 3 is 1.52 bits per heavy atom. The molecule has 0 fully saturated rings. The minimum atomic E-state index is -0.772. The molecule has 0 aliphatic carbocycles. The Hall–Kier alpha value is -2.54. The highest BCUT2D eigenvalue weighted by Gasteiger charge is 2.18. The Kier molecular flexibility index (Phi) is 2.14. The lowest BCUT2D eigenvalue weighted by Gasteiger charge is -2.20. The lowest BCUT2D eigenvalue weighted by Crippen LogP contribution is -2.01. The zero-order chi connectivity index (χ0) is 24.9. The molecule has 0 aliphatic heterocycles. The van der Waals surface area contributed by atoms with Crippen molar-refractivity contribution in [3.8, 4) is 5.75 Å². The third-order valence-corrected chi connectivity index (χ3v) is 3.94. The lowest BCUT2D eigenvalue weighted by atomic mass is 9.86. The minimum absolute atomic E-state index is 0.0314. The summed E-state index contributed by atoms with van der Waals surface area (Å²) in [6.07, 6.45) is 0. The van der Waals surface area contributed by atoms with Gasteiger partial charge in [0.15, 0.2) is 0 Å². The van der Waals surface area contributed by atoms with Crippen LogP contribution in [-0.2, 0) is 0 Å². The van der Waals surface area contributed by atoms with Crippen molar-refractivity contribution in [2.75, 3.05) is 0 Å². The SMILES string of the molecule is [2H]c1c([2H])c([2H])c(C(C)c2cccc(C(C)c3c([2H])c([2H])c([2H])c([2H])c3[2H])c2O)c([2H])c1[2H]. The molecule has 0 saturated heterocycles. The van der Waals surface area contributed by atoms with Crippen molar-refractivity contribution in [1.29, 1.82) is 0 Å². The van der Waals surface area contributed by atoms with Gasteiger partial charge in [0, 0.05) is 23.0 Å². The maximum atomic E-state index is 11.1. The Morgan fingerprint density at radius 1 is 0.739 bits per heavy atom. The molecule has 3 aromatic carbocycles. The molecule has 1 nitrogen and oxygen atoms in total. The Balaban J connectivity index is 2.19. The molecule has 3 aromatic rings. The van der Waals surface area contributed by atoms with E-state index in [1.165, 1.54) is 0 Å². The number of hydrogen-bond donors (Lipinski definition) is 1. The Bertz CT molecular complexity index is 1120. The monoisotopic (exact) mass is 312 g/mol. The van der Waals surface area contributed by atoms with Crippen LogP contribution in [0, 0.1) is 0 Å². The van der Waals surface area contributed by atoms with Crippen LogP contribution in [0.3, 0.4) is 0 Å². The van der Waals surface area contributed by atoms with Gasteiger partial charge >= 0.3 is 0 Å². The van der Waals surface area contributed by atoms with Gasteiger partial charge in [-0.15, -0.1) is 0 Å². The molecule has 2 unspecified atom stereocenters. The van der Waals surface area contributed by atoms with Crippen LogP contribution < -0.4 is 0 Å². The molecule has 2 atom stereocenters. The summed E-state index contributed by atoms with van der Waals surface area (Å²) in [4.78, 5) is 0. The number of hydrogen-bond acceptors (Lipinski definition) is 1. The van der Waals surface area contributed by atoms with Crippen LogP contribution in [0.25, 0.3) is 0 Å². The van der Waals surface area contributed by atoms with E-state index in [9.17, 15) is 5.11 Å². The number of rotatable bonds is 4. The Labute approximate surface area is 152 Å². The summed E-state index contributed by atoms with van der Waals surface area (Å²) in [6.45, 7) is 3.23. The fraction of sp³-hybridized carbons (Fsp3) is 0.182. The van der Waals surface area contributed by atoms with Crippen molar-refractivity contribution in [2.24, 2.45) is 0 Å². The normalized spacial score (nSPS) is 19.6. The van der Waals surface area contributed by atoms with E-state index in [4.69, 9.17) is 13.7 Å². The predicted octanol–water partition coefficient (Wildman–Crippen LogP) is 5.70. The molecule has 0 radical (unpaired) electrons. The third-order valence-electron chi connectivity index (χ3n) is 3.94. The van der Waals surface area contributed by atoms with E-state index in [-0.39, 0.29) is 41.0 Å². The molecule has 3 rings (SSSR count). The van der Waals surface area contributed by atoms with Crippen molar-refractivity contribution in [3.63, 3.8) is 0 Å². The van der Waals surface area contributed by atoms with Gasteiger partial charge in [0.05, 0.1) is 13.7 Å². The van der Waals surface area contributed by atoms with Crippen LogP contribution in [0.2, 0.25) is 0 Å². The highest BCUT2D eigenvalue weighted by atomic mass is 16.3. The molecule has 0 bridgehead atoms. The highest BCUT2D eigenvalue weighted by Crippen LogP contribution is 2.38. The van der Waals surface area contributed by atoms with Gasteiger partial charge in [-0.05, 0) is 11.1 Å². The van der Waals surface area contributed by atoms with Crippen LogP contribution in [0.1, 0.15) is 61.6 Å². The summed E-state index contributed by atoms with van der Waals surface area (Å²) in [5, 5.41) is 11.1.